The maximum atomic E-state index is 12.5. The number of carbonyl (C=O) groups is 1. The molecule has 1 aromatic rings. The average molecular weight is 230 g/mol. The van der Waals surface area contributed by atoms with Gasteiger partial charge in [0.05, 0.1) is 0 Å². The van der Waals surface area contributed by atoms with E-state index in [0.717, 1.165) is 6.07 Å². The summed E-state index contributed by atoms with van der Waals surface area (Å²) in [7, 11) is 0. The summed E-state index contributed by atoms with van der Waals surface area (Å²) in [6.45, 7) is -5.25. The van der Waals surface area contributed by atoms with E-state index in [1.807, 2.05) is 0 Å². The number of benzene rings is 1. The van der Waals surface area contributed by atoms with Crippen LogP contribution in [-0.4, -0.2) is 13.3 Å². The van der Waals surface area contributed by atoms with E-state index in [0.29, 0.717) is 12.1 Å². The molecule has 0 saturated heterocycles. The van der Waals surface area contributed by atoms with Gasteiger partial charge in [0.2, 0.25) is 0 Å². The predicted octanol–water partition coefficient (Wildman–Crippen LogP) is -1.30. The molecule has 0 N–H and O–H groups in total. The Morgan fingerprint density at radius 2 is 1.71 bits per heavy atom. The molecule has 0 aliphatic heterocycles. The van der Waals surface area contributed by atoms with Gasteiger partial charge in [-0.05, 0) is 6.07 Å². The first-order valence-electron chi connectivity index (χ1n) is 3.39. The number of hydrogen-bond acceptors (Lipinski definition) is 1. The normalized spacial score (nSPS) is 10.6. The standard InChI is InChI=1S/C7H4BF4O.K/c9-7-2-5(4-13)1-6(3-7)8(10,11)12;/h1-4H;/q-1;+1. The molecule has 0 bridgehead atoms. The summed E-state index contributed by atoms with van der Waals surface area (Å²) in [5.41, 5.74) is -1.41. The van der Waals surface area contributed by atoms with Crippen LogP contribution >= 0.6 is 0 Å². The summed E-state index contributed by atoms with van der Waals surface area (Å²) >= 11 is 0. The topological polar surface area (TPSA) is 17.1 Å². The van der Waals surface area contributed by atoms with E-state index in [-0.39, 0.29) is 63.2 Å². The fraction of sp³-hybridized carbons (Fsp3) is 0. The van der Waals surface area contributed by atoms with Gasteiger partial charge >= 0.3 is 58.4 Å². The van der Waals surface area contributed by atoms with Gasteiger partial charge in [-0.25, -0.2) is 4.39 Å². The number of aldehydes is 1. The molecule has 7 heteroatoms. The number of rotatable bonds is 2. The molecule has 0 aliphatic carbocycles. The van der Waals surface area contributed by atoms with Crippen LogP contribution in [0.3, 0.4) is 0 Å². The molecule has 1 rings (SSSR count). The van der Waals surface area contributed by atoms with E-state index in [4.69, 9.17) is 0 Å². The fourth-order valence-corrected chi connectivity index (χ4v) is 0.893. The zero-order chi connectivity index (χ0) is 10.1. The van der Waals surface area contributed by atoms with Gasteiger partial charge in [-0.3, -0.25) is 4.79 Å². The molecule has 0 heterocycles. The van der Waals surface area contributed by atoms with Gasteiger partial charge in [-0.1, -0.05) is 12.1 Å². The Hall–Kier alpha value is 0.311. The van der Waals surface area contributed by atoms with Crippen LogP contribution in [0.2, 0.25) is 0 Å². The van der Waals surface area contributed by atoms with Crippen LogP contribution < -0.4 is 56.8 Å². The Kier molecular flexibility index (Phi) is 5.53. The molecule has 0 unspecified atom stereocenters. The van der Waals surface area contributed by atoms with Crippen molar-refractivity contribution in [2.45, 2.75) is 0 Å². The average Bonchev–Trinajstić information content (AvgIpc) is 2.01. The van der Waals surface area contributed by atoms with E-state index in [9.17, 15) is 22.1 Å². The molecule has 0 atom stereocenters. The SMILES string of the molecule is O=Cc1cc(F)cc([B-](F)(F)F)c1.[K+]. The summed E-state index contributed by atoms with van der Waals surface area (Å²) in [5.74, 6) is -1.06. The minimum absolute atomic E-state index is 0. The third-order valence-corrected chi connectivity index (χ3v) is 1.46. The monoisotopic (exact) mass is 230 g/mol. The summed E-state index contributed by atoms with van der Waals surface area (Å²) < 4.78 is 48.7. The zero-order valence-electron chi connectivity index (χ0n) is 7.31. The van der Waals surface area contributed by atoms with Crippen molar-refractivity contribution in [3.05, 3.63) is 29.6 Å². The van der Waals surface area contributed by atoms with Crippen LogP contribution in [0, 0.1) is 5.82 Å². The van der Waals surface area contributed by atoms with Crippen molar-refractivity contribution < 1.29 is 73.5 Å². The third kappa shape index (κ3) is 3.82. The van der Waals surface area contributed by atoms with Gasteiger partial charge in [-0.15, -0.1) is 5.46 Å². The molecular weight excluding hydrogens is 226 g/mol. The minimum Gasteiger partial charge on any atom is -0.445 e. The first-order valence-corrected chi connectivity index (χ1v) is 3.39. The number of carbonyl (C=O) groups excluding carboxylic acids is 1. The molecule has 14 heavy (non-hydrogen) atoms. The van der Waals surface area contributed by atoms with Crippen molar-refractivity contribution in [3.8, 4) is 0 Å². The molecule has 1 nitrogen and oxygen atoms in total. The molecule has 0 amide bonds. The van der Waals surface area contributed by atoms with Crippen LogP contribution in [0.15, 0.2) is 18.2 Å². The van der Waals surface area contributed by atoms with E-state index in [2.05, 4.69) is 0 Å². The van der Waals surface area contributed by atoms with Gasteiger partial charge in [0, 0.05) is 5.56 Å². The van der Waals surface area contributed by atoms with Crippen LogP contribution in [0.25, 0.3) is 0 Å². The molecule has 0 radical (unpaired) electrons. The van der Waals surface area contributed by atoms with Gasteiger partial charge < -0.3 is 12.9 Å². The third-order valence-electron chi connectivity index (χ3n) is 1.46. The summed E-state index contributed by atoms with van der Waals surface area (Å²) in [6.07, 6.45) is 0.175. The van der Waals surface area contributed by atoms with Crippen LogP contribution in [0.5, 0.6) is 0 Å². The van der Waals surface area contributed by atoms with Crippen LogP contribution in [0.1, 0.15) is 10.4 Å². The number of halogens is 4. The van der Waals surface area contributed by atoms with Gasteiger partial charge in [0.1, 0.15) is 12.1 Å². The Bertz CT molecular complexity index is 339. The van der Waals surface area contributed by atoms with Crippen molar-refractivity contribution in [1.29, 1.82) is 0 Å². The maximum Gasteiger partial charge on any atom is 1.00 e. The van der Waals surface area contributed by atoms with Crippen molar-refractivity contribution in [2.24, 2.45) is 0 Å². The smallest absolute Gasteiger partial charge is 0.445 e. The summed E-state index contributed by atoms with van der Waals surface area (Å²) in [4.78, 5) is 10.1. The summed E-state index contributed by atoms with van der Waals surface area (Å²) in [5, 5.41) is 0. The molecule has 1 aromatic carbocycles. The van der Waals surface area contributed by atoms with Crippen molar-refractivity contribution in [2.75, 3.05) is 0 Å². The Morgan fingerprint density at radius 3 is 2.14 bits per heavy atom. The first kappa shape index (κ1) is 14.3. The Labute approximate surface area is 120 Å². The Balaban J connectivity index is 0.00000169. The zero-order valence-corrected chi connectivity index (χ0v) is 10.4. The molecule has 0 spiro atoms. The number of hydrogen-bond donors (Lipinski definition) is 0. The van der Waals surface area contributed by atoms with Crippen molar-refractivity contribution in [3.63, 3.8) is 0 Å². The quantitative estimate of drug-likeness (QED) is 0.350. The summed E-state index contributed by atoms with van der Waals surface area (Å²) in [6, 6.07) is 1.74. The van der Waals surface area contributed by atoms with Gasteiger partial charge in [0.15, 0.2) is 0 Å². The molecule has 0 aliphatic rings. The second-order valence-corrected chi connectivity index (χ2v) is 2.51. The van der Waals surface area contributed by atoms with Crippen molar-refractivity contribution in [1.82, 2.24) is 0 Å². The van der Waals surface area contributed by atoms with E-state index in [1.165, 1.54) is 0 Å². The molecule has 0 fully saturated rings. The second kappa shape index (κ2) is 5.41. The Morgan fingerprint density at radius 1 is 1.14 bits per heavy atom. The molecule has 0 aromatic heterocycles. The molecule has 0 saturated carbocycles. The van der Waals surface area contributed by atoms with E-state index >= 15 is 0 Å². The largest absolute Gasteiger partial charge is 1.00 e. The van der Waals surface area contributed by atoms with E-state index in [1.54, 1.807) is 0 Å². The van der Waals surface area contributed by atoms with E-state index < -0.39 is 18.3 Å². The molecular formula is C7H4BF4KO. The van der Waals surface area contributed by atoms with Crippen LogP contribution in [0.4, 0.5) is 17.3 Å². The minimum atomic E-state index is -5.25. The molecule has 70 valence electrons. The predicted molar refractivity (Wildman–Crippen MR) is 40.5 cm³/mol. The van der Waals surface area contributed by atoms with Gasteiger partial charge in [0.25, 0.3) is 0 Å². The van der Waals surface area contributed by atoms with Gasteiger partial charge in [-0.2, -0.15) is 0 Å². The fourth-order valence-electron chi connectivity index (χ4n) is 0.893. The second-order valence-electron chi connectivity index (χ2n) is 2.51. The maximum absolute atomic E-state index is 12.5. The van der Waals surface area contributed by atoms with Crippen LogP contribution in [-0.2, 0) is 0 Å². The first-order chi connectivity index (χ1) is 5.93. The van der Waals surface area contributed by atoms with Crippen molar-refractivity contribution >= 4 is 18.7 Å².